The van der Waals surface area contributed by atoms with E-state index in [1.54, 1.807) is 18.2 Å². The SMILES string of the molecule is COc1cccc(P(c2ccc(F)c(F)c2)c2ccc(F)c(F)c2)n1. The average molecular weight is 365 g/mol. The molecule has 1 aromatic heterocycles. The molecule has 25 heavy (non-hydrogen) atoms. The van der Waals surface area contributed by atoms with Gasteiger partial charge in [-0.1, -0.05) is 18.2 Å². The number of pyridine rings is 1. The molecule has 2 aromatic carbocycles. The second-order valence-corrected chi connectivity index (χ2v) is 7.23. The van der Waals surface area contributed by atoms with Crippen molar-refractivity contribution in [3.63, 3.8) is 0 Å². The van der Waals surface area contributed by atoms with Gasteiger partial charge < -0.3 is 4.74 Å². The van der Waals surface area contributed by atoms with E-state index in [4.69, 9.17) is 4.74 Å². The zero-order chi connectivity index (χ0) is 18.0. The minimum Gasteiger partial charge on any atom is -0.481 e. The van der Waals surface area contributed by atoms with Crippen molar-refractivity contribution in [2.45, 2.75) is 0 Å². The summed E-state index contributed by atoms with van der Waals surface area (Å²) >= 11 is 0. The minimum atomic E-state index is -1.53. The van der Waals surface area contributed by atoms with Crippen LogP contribution in [0.1, 0.15) is 0 Å². The van der Waals surface area contributed by atoms with E-state index in [0.717, 1.165) is 24.3 Å². The van der Waals surface area contributed by atoms with Crippen LogP contribution in [0.25, 0.3) is 0 Å². The third kappa shape index (κ3) is 3.64. The fourth-order valence-electron chi connectivity index (χ4n) is 2.30. The lowest BCUT2D eigenvalue weighted by atomic mass is 10.3. The van der Waals surface area contributed by atoms with Crippen molar-refractivity contribution in [3.05, 3.63) is 77.9 Å². The number of hydrogen-bond acceptors (Lipinski definition) is 2. The molecule has 0 amide bonds. The molecule has 0 atom stereocenters. The van der Waals surface area contributed by atoms with Gasteiger partial charge in [0, 0.05) is 14.0 Å². The van der Waals surface area contributed by atoms with Crippen LogP contribution in [0.2, 0.25) is 0 Å². The quantitative estimate of drug-likeness (QED) is 0.522. The van der Waals surface area contributed by atoms with Crippen LogP contribution in [0, 0.1) is 23.3 Å². The Balaban J connectivity index is 2.19. The van der Waals surface area contributed by atoms with E-state index in [-0.39, 0.29) is 0 Å². The first-order valence-electron chi connectivity index (χ1n) is 7.21. The first kappa shape index (κ1) is 17.4. The summed E-state index contributed by atoms with van der Waals surface area (Å²) in [5.74, 6) is -3.67. The van der Waals surface area contributed by atoms with Gasteiger partial charge >= 0.3 is 0 Å². The number of hydrogen-bond donors (Lipinski definition) is 0. The highest BCUT2D eigenvalue weighted by molar-refractivity contribution is 7.79. The summed E-state index contributed by atoms with van der Waals surface area (Å²) in [5.41, 5.74) is 0.492. The van der Waals surface area contributed by atoms with Crippen molar-refractivity contribution >= 4 is 24.0 Å². The molecular formula is C18H12F4NOP. The molecule has 0 saturated heterocycles. The molecule has 0 aliphatic heterocycles. The van der Waals surface area contributed by atoms with Crippen LogP contribution in [0.3, 0.4) is 0 Å². The van der Waals surface area contributed by atoms with Gasteiger partial charge in [0.2, 0.25) is 5.88 Å². The molecule has 1 heterocycles. The van der Waals surface area contributed by atoms with Crippen LogP contribution in [0.5, 0.6) is 5.88 Å². The van der Waals surface area contributed by atoms with E-state index < -0.39 is 31.2 Å². The second-order valence-electron chi connectivity index (χ2n) is 5.07. The van der Waals surface area contributed by atoms with Crippen molar-refractivity contribution in [1.82, 2.24) is 4.98 Å². The second kappa shape index (κ2) is 7.19. The highest BCUT2D eigenvalue weighted by atomic mass is 31.1. The van der Waals surface area contributed by atoms with E-state index >= 15 is 0 Å². The van der Waals surface area contributed by atoms with Crippen LogP contribution in [0.4, 0.5) is 17.6 Å². The Morgan fingerprint density at radius 3 is 1.80 bits per heavy atom. The number of ether oxygens (including phenoxy) is 1. The molecule has 2 nitrogen and oxygen atoms in total. The number of methoxy groups -OCH3 is 1. The molecule has 0 spiro atoms. The maximum absolute atomic E-state index is 13.7. The number of nitrogens with zero attached hydrogens (tertiary/aromatic N) is 1. The summed E-state index contributed by atoms with van der Waals surface area (Å²) in [5, 5.41) is 0.835. The Morgan fingerprint density at radius 2 is 1.32 bits per heavy atom. The van der Waals surface area contributed by atoms with Crippen LogP contribution in [0.15, 0.2) is 54.6 Å². The molecule has 7 heteroatoms. The third-order valence-corrected chi connectivity index (χ3v) is 5.77. The zero-order valence-corrected chi connectivity index (χ0v) is 13.9. The van der Waals surface area contributed by atoms with E-state index in [2.05, 4.69) is 4.98 Å². The number of benzene rings is 2. The van der Waals surface area contributed by atoms with Gasteiger partial charge in [0.25, 0.3) is 0 Å². The van der Waals surface area contributed by atoms with Crippen LogP contribution in [-0.4, -0.2) is 12.1 Å². The number of aromatic nitrogens is 1. The first-order valence-corrected chi connectivity index (χ1v) is 8.55. The predicted molar refractivity (Wildman–Crippen MR) is 89.3 cm³/mol. The van der Waals surface area contributed by atoms with E-state index in [9.17, 15) is 17.6 Å². The van der Waals surface area contributed by atoms with Gasteiger partial charge in [-0.25, -0.2) is 22.5 Å². The number of rotatable bonds is 4. The highest BCUT2D eigenvalue weighted by Crippen LogP contribution is 2.33. The van der Waals surface area contributed by atoms with Crippen LogP contribution < -0.4 is 20.8 Å². The average Bonchev–Trinajstić information content (AvgIpc) is 2.61. The van der Waals surface area contributed by atoms with E-state index in [1.807, 2.05) is 0 Å². The largest absolute Gasteiger partial charge is 0.481 e. The van der Waals surface area contributed by atoms with Gasteiger partial charge in [-0.3, -0.25) is 0 Å². The Kier molecular flexibility index (Phi) is 5.00. The summed E-state index contributed by atoms with van der Waals surface area (Å²) in [6, 6.07) is 11.9. The van der Waals surface area contributed by atoms with Crippen LogP contribution in [-0.2, 0) is 0 Å². The Labute approximate surface area is 142 Å². The molecule has 0 radical (unpaired) electrons. The molecule has 0 aliphatic carbocycles. The Morgan fingerprint density at radius 1 is 0.760 bits per heavy atom. The smallest absolute Gasteiger partial charge is 0.213 e. The molecular weight excluding hydrogens is 353 g/mol. The molecule has 0 fully saturated rings. The van der Waals surface area contributed by atoms with Gasteiger partial charge in [0.15, 0.2) is 23.3 Å². The van der Waals surface area contributed by atoms with Crippen molar-refractivity contribution in [3.8, 4) is 5.88 Å². The molecule has 0 N–H and O–H groups in total. The fraction of sp³-hybridized carbons (Fsp3) is 0.0556. The molecule has 0 unspecified atom stereocenters. The lowest BCUT2D eigenvalue weighted by molar-refractivity contribution is 0.399. The fourth-order valence-corrected chi connectivity index (χ4v) is 4.50. The standard InChI is InChI=1S/C18H12F4NOP/c1-24-17-3-2-4-18(23-17)25(11-5-7-13(19)15(21)9-11)12-6-8-14(20)16(22)10-12/h2-10H,1H3. The molecule has 0 aliphatic rings. The van der Waals surface area contributed by atoms with Crippen LogP contribution >= 0.6 is 7.92 Å². The summed E-state index contributed by atoms with van der Waals surface area (Å²) in [6.07, 6.45) is 0. The third-order valence-electron chi connectivity index (χ3n) is 3.47. The van der Waals surface area contributed by atoms with Gasteiger partial charge in [-0.05, 0) is 40.9 Å². The Hall–Kier alpha value is -2.46. The summed E-state index contributed by atoms with van der Waals surface area (Å²) in [7, 11) is -0.0816. The monoisotopic (exact) mass is 365 g/mol. The molecule has 0 bridgehead atoms. The minimum absolute atomic E-state index is 0.329. The lowest BCUT2D eigenvalue weighted by Crippen LogP contribution is -2.24. The van der Waals surface area contributed by atoms with Gasteiger partial charge in [-0.15, -0.1) is 0 Å². The van der Waals surface area contributed by atoms with Crippen molar-refractivity contribution < 1.29 is 22.3 Å². The summed E-state index contributed by atoms with van der Waals surface area (Å²) in [6.45, 7) is 0. The molecule has 3 rings (SSSR count). The maximum atomic E-state index is 13.7. The van der Waals surface area contributed by atoms with Gasteiger partial charge in [-0.2, -0.15) is 0 Å². The number of halogens is 4. The summed E-state index contributed by atoms with van der Waals surface area (Å²) < 4.78 is 59.1. The van der Waals surface area contributed by atoms with Crippen molar-refractivity contribution in [2.75, 3.05) is 7.11 Å². The molecule has 0 saturated carbocycles. The predicted octanol–water partition coefficient (Wildman–Crippen LogP) is 3.40. The van der Waals surface area contributed by atoms with E-state index in [1.165, 1.54) is 19.2 Å². The zero-order valence-electron chi connectivity index (χ0n) is 13.0. The Bertz CT molecular complexity index is 868. The highest BCUT2D eigenvalue weighted by Gasteiger charge is 2.21. The normalized spacial score (nSPS) is 11.0. The summed E-state index contributed by atoms with van der Waals surface area (Å²) in [4.78, 5) is 4.32. The van der Waals surface area contributed by atoms with Crippen molar-refractivity contribution in [1.29, 1.82) is 0 Å². The topological polar surface area (TPSA) is 22.1 Å². The maximum Gasteiger partial charge on any atom is 0.213 e. The van der Waals surface area contributed by atoms with Crippen molar-refractivity contribution in [2.24, 2.45) is 0 Å². The first-order chi connectivity index (χ1) is 12.0. The van der Waals surface area contributed by atoms with Gasteiger partial charge in [0.1, 0.15) is 0 Å². The lowest BCUT2D eigenvalue weighted by Gasteiger charge is -2.19. The molecule has 128 valence electrons. The van der Waals surface area contributed by atoms with E-state index in [0.29, 0.717) is 21.9 Å². The molecule has 3 aromatic rings. The van der Waals surface area contributed by atoms with Gasteiger partial charge in [0.05, 0.1) is 12.5 Å².